The number of aromatic nitrogens is 3. The van der Waals surface area contributed by atoms with Gasteiger partial charge in [0.1, 0.15) is 17.9 Å². The molecule has 0 unspecified atom stereocenters. The number of ether oxygens (including phenoxy) is 1. The number of benzene rings is 2. The molecule has 3 aromatic rings. The average molecular weight is 568 g/mol. The van der Waals surface area contributed by atoms with Crippen molar-refractivity contribution < 1.29 is 22.7 Å². The molecular weight excluding hydrogens is 531 g/mol. The van der Waals surface area contributed by atoms with Crippen molar-refractivity contribution in [2.75, 3.05) is 11.5 Å². The van der Waals surface area contributed by atoms with Crippen LogP contribution in [0, 0.1) is 5.92 Å². The van der Waals surface area contributed by atoms with Gasteiger partial charge in [0.25, 0.3) is 5.91 Å². The predicted molar refractivity (Wildman–Crippen MR) is 149 cm³/mol. The van der Waals surface area contributed by atoms with Crippen molar-refractivity contribution in [3.8, 4) is 5.75 Å². The first kappa shape index (κ1) is 27.8. The summed E-state index contributed by atoms with van der Waals surface area (Å²) in [5, 5.41) is 11.9. The molecule has 1 amide bonds. The van der Waals surface area contributed by atoms with Crippen LogP contribution in [0.2, 0.25) is 0 Å². The number of anilines is 1. The zero-order valence-corrected chi connectivity index (χ0v) is 23.9. The van der Waals surface area contributed by atoms with Gasteiger partial charge in [0.05, 0.1) is 24.1 Å². The van der Waals surface area contributed by atoms with E-state index in [1.807, 2.05) is 30.7 Å². The van der Waals surface area contributed by atoms with Crippen LogP contribution in [0.5, 0.6) is 5.75 Å². The number of fused-ring (bicyclic) bond motifs is 1. The molecular formula is C31H36F3N5O2. The van der Waals surface area contributed by atoms with Crippen molar-refractivity contribution >= 4 is 11.6 Å². The van der Waals surface area contributed by atoms with Gasteiger partial charge in [-0.25, -0.2) is 0 Å². The van der Waals surface area contributed by atoms with Crippen LogP contribution in [0.4, 0.5) is 18.9 Å². The molecule has 0 bridgehead atoms. The number of nitrogens with zero attached hydrogens (tertiary/aromatic N) is 4. The van der Waals surface area contributed by atoms with E-state index in [2.05, 4.69) is 29.4 Å². The summed E-state index contributed by atoms with van der Waals surface area (Å²) in [7, 11) is 1.91. The van der Waals surface area contributed by atoms with E-state index in [1.54, 1.807) is 18.5 Å². The molecule has 0 spiro atoms. The molecule has 10 heteroatoms. The number of alkyl halides is 3. The van der Waals surface area contributed by atoms with Crippen molar-refractivity contribution in [3.63, 3.8) is 0 Å². The number of aryl methyl sites for hydroxylation is 1. The third-order valence-electron chi connectivity index (χ3n) is 9.18. The summed E-state index contributed by atoms with van der Waals surface area (Å²) in [5.74, 6) is 1.42. The number of amides is 1. The van der Waals surface area contributed by atoms with Gasteiger partial charge >= 0.3 is 6.18 Å². The molecule has 2 saturated carbocycles. The quantitative estimate of drug-likeness (QED) is 0.354. The second-order valence-electron chi connectivity index (χ2n) is 12.3. The van der Waals surface area contributed by atoms with Gasteiger partial charge in [0.2, 0.25) is 0 Å². The number of hydrogen-bond donors (Lipinski definition) is 1. The van der Waals surface area contributed by atoms with E-state index >= 15 is 0 Å². The summed E-state index contributed by atoms with van der Waals surface area (Å²) in [4.78, 5) is 15.3. The minimum Gasteiger partial charge on any atom is -0.494 e. The number of halogens is 3. The van der Waals surface area contributed by atoms with Crippen molar-refractivity contribution in [2.45, 2.75) is 83.1 Å². The topological polar surface area (TPSA) is 72.3 Å². The molecule has 0 atom stereocenters. The molecule has 1 aliphatic heterocycles. The van der Waals surface area contributed by atoms with Crippen molar-refractivity contribution in [2.24, 2.45) is 13.0 Å². The molecule has 218 valence electrons. The fraction of sp³-hybridized carbons (Fsp3) is 0.516. The van der Waals surface area contributed by atoms with E-state index in [0.717, 1.165) is 43.5 Å². The molecule has 2 fully saturated rings. The van der Waals surface area contributed by atoms with Crippen LogP contribution in [0.1, 0.15) is 91.3 Å². The highest BCUT2D eigenvalue weighted by Crippen LogP contribution is 2.53. The Balaban J connectivity index is 1.40. The van der Waals surface area contributed by atoms with Crippen LogP contribution in [0.25, 0.3) is 0 Å². The maximum Gasteiger partial charge on any atom is 0.416 e. The Morgan fingerprint density at radius 1 is 1.15 bits per heavy atom. The molecule has 1 N–H and O–H groups in total. The second kappa shape index (κ2) is 9.86. The molecule has 41 heavy (non-hydrogen) atoms. The first-order chi connectivity index (χ1) is 19.4. The lowest BCUT2D eigenvalue weighted by Crippen LogP contribution is -2.47. The normalized spacial score (nSPS) is 23.2. The lowest BCUT2D eigenvalue weighted by molar-refractivity contribution is -0.138. The van der Waals surface area contributed by atoms with E-state index in [1.165, 1.54) is 11.0 Å². The summed E-state index contributed by atoms with van der Waals surface area (Å²) in [6.07, 6.45) is 1.87. The molecule has 0 radical (unpaired) electrons. The summed E-state index contributed by atoms with van der Waals surface area (Å²) in [5.41, 5.74) is 0.800. The zero-order chi connectivity index (χ0) is 29.2. The Bertz CT molecular complexity index is 1490. The SMILES string of the molecule is CCOc1cc(N2Cc3c(cc(CNC4(C)CCC4)cc3C(F)(F)F)C2=O)cc([C@]2(c3nncn3C)C[C@H](C)C2)c1. The Labute approximate surface area is 238 Å². The summed E-state index contributed by atoms with van der Waals surface area (Å²) < 4.78 is 50.8. The van der Waals surface area contributed by atoms with Gasteiger partial charge in [-0.05, 0) is 92.8 Å². The zero-order valence-electron chi connectivity index (χ0n) is 23.9. The van der Waals surface area contributed by atoms with Crippen molar-refractivity contribution in [1.82, 2.24) is 20.1 Å². The Hall–Kier alpha value is -3.40. The van der Waals surface area contributed by atoms with Crippen LogP contribution in [0.15, 0.2) is 36.7 Å². The number of carbonyl (C=O) groups is 1. The second-order valence-corrected chi connectivity index (χ2v) is 12.3. The van der Waals surface area contributed by atoms with Crippen LogP contribution in [0.3, 0.4) is 0 Å². The average Bonchev–Trinajstić information content (AvgIpc) is 3.46. The van der Waals surface area contributed by atoms with Gasteiger partial charge in [-0.15, -0.1) is 10.2 Å². The molecule has 2 aliphatic carbocycles. The fourth-order valence-corrected chi connectivity index (χ4v) is 6.89. The Kier molecular flexibility index (Phi) is 6.67. The van der Waals surface area contributed by atoms with Crippen LogP contribution >= 0.6 is 0 Å². The molecule has 2 heterocycles. The van der Waals surface area contributed by atoms with Gasteiger partial charge in [-0.2, -0.15) is 13.2 Å². The van der Waals surface area contributed by atoms with Gasteiger partial charge in [0, 0.05) is 36.4 Å². The highest BCUT2D eigenvalue weighted by Gasteiger charge is 2.49. The minimum atomic E-state index is -4.58. The Morgan fingerprint density at radius 3 is 2.49 bits per heavy atom. The molecule has 7 nitrogen and oxygen atoms in total. The first-order valence-corrected chi connectivity index (χ1v) is 14.4. The summed E-state index contributed by atoms with van der Waals surface area (Å²) in [6.45, 7) is 6.68. The van der Waals surface area contributed by atoms with Crippen molar-refractivity contribution in [1.29, 1.82) is 0 Å². The molecule has 2 aromatic carbocycles. The van der Waals surface area contributed by atoms with Crippen LogP contribution < -0.4 is 15.0 Å². The fourth-order valence-electron chi connectivity index (χ4n) is 6.89. The van der Waals surface area contributed by atoms with E-state index < -0.39 is 23.1 Å². The maximum absolute atomic E-state index is 14.3. The highest BCUT2D eigenvalue weighted by atomic mass is 19.4. The van der Waals surface area contributed by atoms with Crippen LogP contribution in [-0.2, 0) is 31.7 Å². The van der Waals surface area contributed by atoms with Crippen molar-refractivity contribution in [3.05, 3.63) is 70.3 Å². The third kappa shape index (κ3) is 4.79. The number of hydrogen-bond acceptors (Lipinski definition) is 5. The highest BCUT2D eigenvalue weighted by molar-refractivity contribution is 6.10. The first-order valence-electron chi connectivity index (χ1n) is 14.4. The minimum absolute atomic E-state index is 0.0183. The van der Waals surface area contributed by atoms with Gasteiger partial charge in [-0.1, -0.05) is 6.92 Å². The molecule has 6 rings (SSSR count). The maximum atomic E-state index is 14.3. The molecule has 1 aromatic heterocycles. The summed E-state index contributed by atoms with van der Waals surface area (Å²) >= 11 is 0. The lowest BCUT2D eigenvalue weighted by Gasteiger charge is -2.46. The van der Waals surface area contributed by atoms with Gasteiger partial charge < -0.3 is 19.5 Å². The summed E-state index contributed by atoms with van der Waals surface area (Å²) in [6, 6.07) is 8.46. The van der Waals surface area contributed by atoms with E-state index in [9.17, 15) is 18.0 Å². The number of rotatable bonds is 8. The van der Waals surface area contributed by atoms with E-state index in [-0.39, 0.29) is 29.8 Å². The monoisotopic (exact) mass is 567 g/mol. The molecule has 3 aliphatic rings. The molecule has 0 saturated heterocycles. The Morgan fingerprint density at radius 2 is 1.90 bits per heavy atom. The van der Waals surface area contributed by atoms with Gasteiger partial charge in [-0.3, -0.25) is 4.79 Å². The van der Waals surface area contributed by atoms with E-state index in [4.69, 9.17) is 4.74 Å². The number of carbonyl (C=O) groups excluding carboxylic acids is 1. The number of nitrogens with one attached hydrogen (secondary N) is 1. The largest absolute Gasteiger partial charge is 0.494 e. The smallest absolute Gasteiger partial charge is 0.416 e. The van der Waals surface area contributed by atoms with E-state index in [0.29, 0.717) is 29.5 Å². The van der Waals surface area contributed by atoms with Gasteiger partial charge in [0.15, 0.2) is 0 Å². The van der Waals surface area contributed by atoms with Crippen LogP contribution in [-0.4, -0.2) is 32.8 Å². The third-order valence-corrected chi connectivity index (χ3v) is 9.18. The predicted octanol–water partition coefficient (Wildman–Crippen LogP) is 6.14. The standard InChI is InChI=1S/C31H36F3N5O2/c1-5-41-23-12-21(30(14-19(2)15-30)28-37-36-18-38(28)4)11-22(13-23)39-17-25-24(27(39)40)9-20(10-26(25)31(32,33)34)16-35-29(3)7-6-8-29/h9-13,18-19,35H,5-8,14-17H2,1-4H3/t19-,30-. The lowest BCUT2D eigenvalue weighted by atomic mass is 9.58.